The molecule has 2 rings (SSSR count). The maximum atomic E-state index is 6.15. The quantitative estimate of drug-likeness (QED) is 0.813. The Morgan fingerprint density at radius 3 is 2.21 bits per heavy atom. The predicted octanol–water partition coefficient (Wildman–Crippen LogP) is 4.66. The van der Waals surface area contributed by atoms with Gasteiger partial charge in [-0.05, 0) is 36.2 Å². The Morgan fingerprint density at radius 2 is 1.58 bits per heavy atom. The van der Waals surface area contributed by atoms with Crippen LogP contribution in [0.25, 0.3) is 0 Å². The van der Waals surface area contributed by atoms with Gasteiger partial charge in [0.05, 0.1) is 0 Å². The Labute approximate surface area is 128 Å². The van der Waals surface area contributed by atoms with E-state index in [1.807, 2.05) is 36.4 Å². The molecule has 2 N–H and O–H groups in total. The van der Waals surface area contributed by atoms with Crippen LogP contribution in [0.2, 0.25) is 10.0 Å². The van der Waals surface area contributed by atoms with Crippen molar-refractivity contribution < 1.29 is 0 Å². The van der Waals surface area contributed by atoms with Crippen molar-refractivity contribution >= 4 is 35.0 Å². The van der Waals surface area contributed by atoms with E-state index in [2.05, 4.69) is 12.1 Å². The third-order valence-corrected chi connectivity index (χ3v) is 4.64. The van der Waals surface area contributed by atoms with Crippen molar-refractivity contribution in [1.82, 2.24) is 0 Å². The highest BCUT2D eigenvalue weighted by molar-refractivity contribution is 7.99. The molecule has 0 aliphatic rings. The largest absolute Gasteiger partial charge is 0.327 e. The van der Waals surface area contributed by atoms with Gasteiger partial charge in [-0.25, -0.2) is 0 Å². The minimum atomic E-state index is 0.0302. The second-order valence-electron chi connectivity index (χ2n) is 4.29. The van der Waals surface area contributed by atoms with Gasteiger partial charge in [0, 0.05) is 26.7 Å². The smallest absolute Gasteiger partial charge is 0.0453 e. The topological polar surface area (TPSA) is 26.0 Å². The van der Waals surface area contributed by atoms with E-state index in [0.29, 0.717) is 16.5 Å². The Morgan fingerprint density at radius 1 is 0.947 bits per heavy atom. The number of hydrogen-bond donors (Lipinski definition) is 1. The average Bonchev–Trinajstić information content (AvgIpc) is 2.42. The van der Waals surface area contributed by atoms with Crippen LogP contribution in [0.3, 0.4) is 0 Å². The number of halogens is 2. The first kappa shape index (κ1) is 14.7. The number of nitrogens with two attached hydrogens (primary N) is 1. The molecule has 0 spiro atoms. The molecule has 100 valence electrons. The van der Waals surface area contributed by atoms with Gasteiger partial charge in [-0.15, -0.1) is 11.8 Å². The molecule has 0 saturated heterocycles. The summed E-state index contributed by atoms with van der Waals surface area (Å²) in [6.45, 7) is 0. The van der Waals surface area contributed by atoms with Crippen molar-refractivity contribution in [3.8, 4) is 0 Å². The standard InChI is InChI=1S/C15H15Cl2NS/c16-14-7-4-8-15(17)13(14)9-11(18)10-19-12-5-2-1-3-6-12/h1-8,11H,9-10,18H2. The molecule has 0 fully saturated rings. The molecular formula is C15H15Cl2NS. The van der Waals surface area contributed by atoms with Crippen LogP contribution in [0, 0.1) is 0 Å². The van der Waals surface area contributed by atoms with Crippen molar-refractivity contribution in [3.05, 3.63) is 64.1 Å². The molecule has 0 radical (unpaired) electrons. The number of hydrogen-bond acceptors (Lipinski definition) is 2. The highest BCUT2D eigenvalue weighted by atomic mass is 35.5. The van der Waals surface area contributed by atoms with E-state index in [1.165, 1.54) is 4.90 Å². The molecule has 1 atom stereocenters. The SMILES string of the molecule is NC(CSc1ccccc1)Cc1c(Cl)cccc1Cl. The van der Waals surface area contributed by atoms with Gasteiger partial charge in [-0.2, -0.15) is 0 Å². The fourth-order valence-corrected chi connectivity index (χ4v) is 3.19. The molecule has 19 heavy (non-hydrogen) atoms. The van der Waals surface area contributed by atoms with Crippen LogP contribution in [-0.4, -0.2) is 11.8 Å². The summed E-state index contributed by atoms with van der Waals surface area (Å²) >= 11 is 14.0. The number of rotatable bonds is 5. The Bertz CT molecular complexity index is 511. The summed E-state index contributed by atoms with van der Waals surface area (Å²) < 4.78 is 0. The summed E-state index contributed by atoms with van der Waals surface area (Å²) in [7, 11) is 0. The zero-order chi connectivity index (χ0) is 13.7. The summed E-state index contributed by atoms with van der Waals surface area (Å²) in [6.07, 6.45) is 0.693. The van der Waals surface area contributed by atoms with Crippen LogP contribution in [0.5, 0.6) is 0 Å². The summed E-state index contributed by atoms with van der Waals surface area (Å²) in [5, 5.41) is 1.38. The highest BCUT2D eigenvalue weighted by Crippen LogP contribution is 2.26. The monoisotopic (exact) mass is 311 g/mol. The first-order chi connectivity index (χ1) is 9.16. The predicted molar refractivity (Wildman–Crippen MR) is 85.3 cm³/mol. The lowest BCUT2D eigenvalue weighted by Crippen LogP contribution is -2.25. The van der Waals surface area contributed by atoms with Crippen LogP contribution in [-0.2, 0) is 6.42 Å². The van der Waals surface area contributed by atoms with Crippen molar-refractivity contribution in [2.24, 2.45) is 5.73 Å². The average molecular weight is 312 g/mol. The molecule has 4 heteroatoms. The molecule has 1 unspecified atom stereocenters. The van der Waals surface area contributed by atoms with E-state index in [-0.39, 0.29) is 6.04 Å². The molecule has 2 aromatic rings. The van der Waals surface area contributed by atoms with Gasteiger partial charge in [0.25, 0.3) is 0 Å². The van der Waals surface area contributed by atoms with Gasteiger partial charge in [0.2, 0.25) is 0 Å². The molecule has 0 aromatic heterocycles. The van der Waals surface area contributed by atoms with Gasteiger partial charge in [0.1, 0.15) is 0 Å². The van der Waals surface area contributed by atoms with Crippen molar-refractivity contribution in [2.45, 2.75) is 17.4 Å². The third-order valence-electron chi connectivity index (χ3n) is 2.74. The summed E-state index contributed by atoms with van der Waals surface area (Å²) in [5.41, 5.74) is 7.09. The second-order valence-corrected chi connectivity index (χ2v) is 6.20. The van der Waals surface area contributed by atoms with Gasteiger partial charge >= 0.3 is 0 Å². The van der Waals surface area contributed by atoms with Crippen molar-refractivity contribution in [3.63, 3.8) is 0 Å². The van der Waals surface area contributed by atoms with Gasteiger partial charge in [0.15, 0.2) is 0 Å². The summed E-state index contributed by atoms with van der Waals surface area (Å²) in [5.74, 6) is 0.839. The van der Waals surface area contributed by atoms with Crippen molar-refractivity contribution in [1.29, 1.82) is 0 Å². The molecule has 1 nitrogen and oxygen atoms in total. The van der Waals surface area contributed by atoms with E-state index in [1.54, 1.807) is 11.8 Å². The minimum absolute atomic E-state index is 0.0302. The molecule has 0 aliphatic heterocycles. The summed E-state index contributed by atoms with van der Waals surface area (Å²) in [4.78, 5) is 1.23. The summed E-state index contributed by atoms with van der Waals surface area (Å²) in [6, 6.07) is 15.8. The van der Waals surface area contributed by atoms with E-state index in [4.69, 9.17) is 28.9 Å². The van der Waals surface area contributed by atoms with Gasteiger partial charge < -0.3 is 5.73 Å². The van der Waals surface area contributed by atoms with Crippen LogP contribution in [0.1, 0.15) is 5.56 Å². The zero-order valence-electron chi connectivity index (χ0n) is 10.4. The lowest BCUT2D eigenvalue weighted by atomic mass is 10.1. The lowest BCUT2D eigenvalue weighted by Gasteiger charge is -2.13. The Balaban J connectivity index is 1.93. The highest BCUT2D eigenvalue weighted by Gasteiger charge is 2.11. The number of benzene rings is 2. The van der Waals surface area contributed by atoms with Crippen LogP contribution in [0.15, 0.2) is 53.4 Å². The Hall–Kier alpha value is -0.670. The van der Waals surface area contributed by atoms with E-state index < -0.39 is 0 Å². The molecule has 0 saturated carbocycles. The van der Waals surface area contributed by atoms with Crippen LogP contribution in [0.4, 0.5) is 0 Å². The number of thioether (sulfide) groups is 1. The first-order valence-electron chi connectivity index (χ1n) is 6.03. The Kier molecular flexibility index (Phi) is 5.59. The van der Waals surface area contributed by atoms with E-state index >= 15 is 0 Å². The first-order valence-corrected chi connectivity index (χ1v) is 7.77. The maximum absolute atomic E-state index is 6.15. The zero-order valence-corrected chi connectivity index (χ0v) is 12.7. The molecule has 0 amide bonds. The molecular weight excluding hydrogens is 297 g/mol. The van der Waals surface area contributed by atoms with Crippen LogP contribution >= 0.6 is 35.0 Å². The molecule has 0 bridgehead atoms. The van der Waals surface area contributed by atoms with Gasteiger partial charge in [-0.3, -0.25) is 0 Å². The van der Waals surface area contributed by atoms with Gasteiger partial charge in [-0.1, -0.05) is 47.5 Å². The maximum Gasteiger partial charge on any atom is 0.0453 e. The van der Waals surface area contributed by atoms with E-state index in [9.17, 15) is 0 Å². The molecule has 0 heterocycles. The van der Waals surface area contributed by atoms with E-state index in [0.717, 1.165) is 11.3 Å². The molecule has 0 aliphatic carbocycles. The second kappa shape index (κ2) is 7.20. The van der Waals surface area contributed by atoms with Crippen LogP contribution < -0.4 is 5.73 Å². The lowest BCUT2D eigenvalue weighted by molar-refractivity contribution is 0.749. The van der Waals surface area contributed by atoms with Crippen molar-refractivity contribution in [2.75, 3.05) is 5.75 Å². The fourth-order valence-electron chi connectivity index (χ4n) is 1.77. The minimum Gasteiger partial charge on any atom is -0.327 e. The molecule has 2 aromatic carbocycles. The fraction of sp³-hybridized carbons (Fsp3) is 0.200. The normalized spacial score (nSPS) is 12.4. The third kappa shape index (κ3) is 4.43.